The van der Waals surface area contributed by atoms with Gasteiger partial charge in [-0.3, -0.25) is 4.79 Å². The summed E-state index contributed by atoms with van der Waals surface area (Å²) in [5.41, 5.74) is 7.67. The molecule has 1 rings (SSSR count). The Morgan fingerprint density at radius 3 is 3.14 bits per heavy atom. The number of nitrogen functional groups attached to an aromatic ring is 1. The highest BCUT2D eigenvalue weighted by Gasteiger charge is 1.99. The van der Waals surface area contributed by atoms with Crippen LogP contribution in [0.5, 0.6) is 0 Å². The number of nitrogens with zero attached hydrogens (tertiary/aromatic N) is 1. The fraction of sp³-hybridized carbons (Fsp3) is 0.250. The predicted octanol–water partition coefficient (Wildman–Crippen LogP) is 1.59. The molecule has 0 unspecified atom stereocenters. The maximum atomic E-state index is 11.0. The van der Waals surface area contributed by atoms with Crippen LogP contribution < -0.4 is 11.3 Å². The third kappa shape index (κ3) is 3.43. The van der Waals surface area contributed by atoms with E-state index >= 15 is 0 Å². The van der Waals surface area contributed by atoms with Crippen LogP contribution in [0.15, 0.2) is 27.1 Å². The minimum Gasteiger partial charge on any atom is -0.383 e. The van der Waals surface area contributed by atoms with E-state index in [2.05, 4.69) is 9.97 Å². The van der Waals surface area contributed by atoms with Crippen LogP contribution in [0.4, 0.5) is 5.82 Å². The van der Waals surface area contributed by atoms with E-state index in [1.165, 1.54) is 23.4 Å². The molecule has 4 nitrogen and oxygen atoms in total. The molecule has 6 heteroatoms. The third-order valence-electron chi connectivity index (χ3n) is 1.36. The molecule has 0 fully saturated rings. The Labute approximate surface area is 90.6 Å². The molecule has 14 heavy (non-hydrogen) atoms. The lowest BCUT2D eigenvalue weighted by atomic mass is 10.4. The Morgan fingerprint density at radius 2 is 2.57 bits per heavy atom. The van der Waals surface area contributed by atoms with Crippen molar-refractivity contribution < 1.29 is 0 Å². The van der Waals surface area contributed by atoms with E-state index in [4.69, 9.17) is 17.3 Å². The molecule has 0 aliphatic heterocycles. The number of anilines is 1. The summed E-state index contributed by atoms with van der Waals surface area (Å²) < 4.78 is 0. The van der Waals surface area contributed by atoms with Crippen LogP contribution in [-0.4, -0.2) is 15.7 Å². The number of rotatable bonds is 3. The SMILES string of the molecule is CC(=CCl)CSc1nc(N)cc(=O)[nH]1. The van der Waals surface area contributed by atoms with Crippen molar-refractivity contribution in [1.82, 2.24) is 9.97 Å². The van der Waals surface area contributed by atoms with Crippen LogP contribution in [0.25, 0.3) is 0 Å². The monoisotopic (exact) mass is 231 g/mol. The van der Waals surface area contributed by atoms with Crippen molar-refractivity contribution in [3.8, 4) is 0 Å². The molecule has 0 saturated carbocycles. The molecule has 1 heterocycles. The first-order valence-electron chi connectivity index (χ1n) is 3.87. The molecule has 0 aliphatic rings. The van der Waals surface area contributed by atoms with E-state index in [0.29, 0.717) is 10.9 Å². The Balaban J connectivity index is 2.73. The first-order valence-corrected chi connectivity index (χ1v) is 5.29. The molecular formula is C8H10ClN3OS. The fourth-order valence-corrected chi connectivity index (χ4v) is 1.69. The van der Waals surface area contributed by atoms with E-state index in [1.54, 1.807) is 0 Å². The van der Waals surface area contributed by atoms with Crippen LogP contribution in [0.2, 0.25) is 0 Å². The summed E-state index contributed by atoms with van der Waals surface area (Å²) in [5.74, 6) is 0.902. The molecule has 0 saturated heterocycles. The second-order valence-corrected chi connectivity index (χ2v) is 3.90. The van der Waals surface area contributed by atoms with Gasteiger partial charge >= 0.3 is 0 Å². The van der Waals surface area contributed by atoms with Crippen LogP contribution in [0.1, 0.15) is 6.92 Å². The van der Waals surface area contributed by atoms with Gasteiger partial charge < -0.3 is 10.7 Å². The Kier molecular flexibility index (Phi) is 4.03. The summed E-state index contributed by atoms with van der Waals surface area (Å²) in [7, 11) is 0. The summed E-state index contributed by atoms with van der Waals surface area (Å²) in [6, 6.07) is 1.24. The number of hydrogen-bond donors (Lipinski definition) is 2. The second-order valence-electron chi connectivity index (χ2n) is 2.72. The molecule has 0 spiro atoms. The van der Waals surface area contributed by atoms with Gasteiger partial charge in [0.25, 0.3) is 5.56 Å². The van der Waals surface area contributed by atoms with Crippen LogP contribution in [-0.2, 0) is 0 Å². The van der Waals surface area contributed by atoms with Gasteiger partial charge in [0.05, 0.1) is 0 Å². The van der Waals surface area contributed by atoms with Gasteiger partial charge in [-0.15, -0.1) is 0 Å². The van der Waals surface area contributed by atoms with Crippen molar-refractivity contribution in [2.45, 2.75) is 12.1 Å². The summed E-state index contributed by atoms with van der Waals surface area (Å²) in [6.07, 6.45) is 0. The van der Waals surface area contributed by atoms with Crippen molar-refractivity contribution in [1.29, 1.82) is 0 Å². The molecule has 76 valence electrons. The lowest BCUT2D eigenvalue weighted by Crippen LogP contribution is -2.09. The van der Waals surface area contributed by atoms with Crippen molar-refractivity contribution in [2.24, 2.45) is 0 Å². The minimum atomic E-state index is -0.243. The smallest absolute Gasteiger partial charge is 0.253 e. The van der Waals surface area contributed by atoms with Crippen LogP contribution in [0, 0.1) is 0 Å². The molecular weight excluding hydrogens is 222 g/mol. The predicted molar refractivity (Wildman–Crippen MR) is 59.6 cm³/mol. The number of hydrogen-bond acceptors (Lipinski definition) is 4. The average Bonchev–Trinajstić information content (AvgIpc) is 2.12. The van der Waals surface area contributed by atoms with Crippen LogP contribution >= 0.6 is 23.4 Å². The van der Waals surface area contributed by atoms with E-state index in [0.717, 1.165) is 5.57 Å². The van der Waals surface area contributed by atoms with Gasteiger partial charge in [-0.1, -0.05) is 28.9 Å². The first kappa shape index (κ1) is 11.1. The van der Waals surface area contributed by atoms with Gasteiger partial charge in [-0.2, -0.15) is 0 Å². The largest absolute Gasteiger partial charge is 0.383 e. The Bertz CT molecular complexity index is 402. The van der Waals surface area contributed by atoms with Gasteiger partial charge in [0.15, 0.2) is 5.16 Å². The van der Waals surface area contributed by atoms with E-state index in [-0.39, 0.29) is 11.4 Å². The molecule has 1 aromatic rings. The molecule has 0 amide bonds. The molecule has 0 aromatic carbocycles. The number of nitrogens with two attached hydrogens (primary N) is 1. The Hall–Kier alpha value is -0.940. The molecule has 0 bridgehead atoms. The highest BCUT2D eigenvalue weighted by molar-refractivity contribution is 7.99. The van der Waals surface area contributed by atoms with E-state index < -0.39 is 0 Å². The van der Waals surface area contributed by atoms with E-state index in [9.17, 15) is 4.79 Å². The summed E-state index contributed by atoms with van der Waals surface area (Å²) in [4.78, 5) is 17.5. The highest BCUT2D eigenvalue weighted by Crippen LogP contribution is 2.15. The number of nitrogens with one attached hydrogen (secondary N) is 1. The number of H-pyrrole nitrogens is 1. The van der Waals surface area contributed by atoms with Gasteiger partial charge in [-0.05, 0) is 6.92 Å². The first-order chi connectivity index (χ1) is 6.61. The number of thioether (sulfide) groups is 1. The second kappa shape index (κ2) is 5.07. The lowest BCUT2D eigenvalue weighted by Gasteiger charge is -2.00. The molecule has 1 aromatic heterocycles. The van der Waals surface area contributed by atoms with Crippen molar-refractivity contribution in [2.75, 3.05) is 11.5 Å². The lowest BCUT2D eigenvalue weighted by molar-refractivity contribution is 0.946. The summed E-state index contributed by atoms with van der Waals surface area (Å²) in [6.45, 7) is 1.89. The fourth-order valence-electron chi connectivity index (χ4n) is 0.735. The topological polar surface area (TPSA) is 71.8 Å². The quantitative estimate of drug-likeness (QED) is 0.612. The van der Waals surface area contributed by atoms with Gasteiger partial charge in [-0.25, -0.2) is 4.98 Å². The maximum Gasteiger partial charge on any atom is 0.253 e. The number of aromatic nitrogens is 2. The van der Waals surface area contributed by atoms with Gasteiger partial charge in [0.2, 0.25) is 0 Å². The van der Waals surface area contributed by atoms with Crippen molar-refractivity contribution in [3.05, 3.63) is 27.5 Å². The summed E-state index contributed by atoms with van der Waals surface area (Å²) in [5, 5.41) is 0.507. The van der Waals surface area contributed by atoms with Crippen molar-refractivity contribution in [3.63, 3.8) is 0 Å². The normalized spacial score (nSPS) is 11.7. The molecule has 0 atom stereocenters. The van der Waals surface area contributed by atoms with Crippen molar-refractivity contribution >= 4 is 29.2 Å². The standard InChI is InChI=1S/C8H10ClN3OS/c1-5(3-9)4-14-8-11-6(10)2-7(13)12-8/h2-3H,4H2,1H3,(H3,10,11,12,13). The minimum absolute atomic E-state index is 0.226. The zero-order valence-corrected chi connectivity index (χ0v) is 9.15. The van der Waals surface area contributed by atoms with Gasteiger partial charge in [0, 0.05) is 17.4 Å². The Morgan fingerprint density at radius 1 is 1.86 bits per heavy atom. The summed E-state index contributed by atoms with van der Waals surface area (Å²) >= 11 is 6.87. The zero-order chi connectivity index (χ0) is 10.6. The van der Waals surface area contributed by atoms with Gasteiger partial charge in [0.1, 0.15) is 5.82 Å². The molecule has 0 aliphatic carbocycles. The third-order valence-corrected chi connectivity index (χ3v) is 2.80. The maximum absolute atomic E-state index is 11.0. The molecule has 0 radical (unpaired) electrons. The highest BCUT2D eigenvalue weighted by atomic mass is 35.5. The number of aromatic amines is 1. The number of halogens is 1. The zero-order valence-electron chi connectivity index (χ0n) is 7.58. The van der Waals surface area contributed by atoms with E-state index in [1.807, 2.05) is 6.92 Å². The van der Waals surface area contributed by atoms with Crippen LogP contribution in [0.3, 0.4) is 0 Å². The molecule has 3 N–H and O–H groups in total. The average molecular weight is 232 g/mol.